The second-order valence-corrected chi connectivity index (χ2v) is 4.02. The summed E-state index contributed by atoms with van der Waals surface area (Å²) in [5.41, 5.74) is 7.63. The highest BCUT2D eigenvalue weighted by Gasteiger charge is 2.18. The van der Waals surface area contributed by atoms with Crippen molar-refractivity contribution >= 4 is 6.08 Å². The summed E-state index contributed by atoms with van der Waals surface area (Å²) in [4.78, 5) is 0. The van der Waals surface area contributed by atoms with Crippen molar-refractivity contribution in [2.45, 2.75) is 26.2 Å². The second-order valence-electron chi connectivity index (χ2n) is 4.02. The Morgan fingerprint density at radius 1 is 1.23 bits per heavy atom. The number of aryl methyl sites for hydroxylation is 1. The summed E-state index contributed by atoms with van der Waals surface area (Å²) < 4.78 is 0. The molecule has 0 nitrogen and oxygen atoms in total. The summed E-state index contributed by atoms with van der Waals surface area (Å²) in [6.07, 6.45) is 10.6. The third-order valence-electron chi connectivity index (χ3n) is 3.30. The van der Waals surface area contributed by atoms with Crippen LogP contribution in [0.15, 0.2) is 12.1 Å². The van der Waals surface area contributed by atoms with Crippen molar-refractivity contribution in [3.8, 4) is 0 Å². The lowest BCUT2D eigenvalue weighted by molar-refractivity contribution is 0.909. The van der Waals surface area contributed by atoms with Crippen LogP contribution in [0.25, 0.3) is 6.08 Å². The number of rotatable bonds is 0. The predicted octanol–water partition coefficient (Wildman–Crippen LogP) is 3.06. The highest BCUT2D eigenvalue weighted by atomic mass is 14.2. The summed E-state index contributed by atoms with van der Waals surface area (Å²) >= 11 is 0. The Bertz CT molecular complexity index is 396. The highest BCUT2D eigenvalue weighted by Crippen LogP contribution is 2.33. The highest BCUT2D eigenvalue weighted by molar-refractivity contribution is 5.70. The molecule has 0 bridgehead atoms. The maximum Gasteiger partial charge on any atom is 0.0131 e. The van der Waals surface area contributed by atoms with Gasteiger partial charge in [-0.1, -0.05) is 18.2 Å². The molecular formula is C13H13. The molecule has 0 unspecified atom stereocenters. The van der Waals surface area contributed by atoms with Gasteiger partial charge in [-0.2, -0.15) is 0 Å². The van der Waals surface area contributed by atoms with Crippen molar-refractivity contribution in [3.63, 3.8) is 0 Å². The molecule has 2 aliphatic rings. The maximum absolute atomic E-state index is 2.38. The van der Waals surface area contributed by atoms with Crippen LogP contribution in [0.5, 0.6) is 0 Å². The van der Waals surface area contributed by atoms with Gasteiger partial charge in [-0.25, -0.2) is 0 Å². The quantitative estimate of drug-likeness (QED) is 0.560. The lowest BCUT2D eigenvalue weighted by Gasteiger charge is -2.09. The van der Waals surface area contributed by atoms with Gasteiger partial charge in [0.15, 0.2) is 0 Å². The molecule has 0 saturated heterocycles. The van der Waals surface area contributed by atoms with Crippen molar-refractivity contribution in [1.29, 1.82) is 0 Å². The van der Waals surface area contributed by atoms with Gasteiger partial charge in [-0.05, 0) is 54.0 Å². The average Bonchev–Trinajstić information content (AvgIpc) is 2.71. The number of fused-ring (bicyclic) bond motifs is 2. The van der Waals surface area contributed by atoms with E-state index in [1.165, 1.54) is 36.0 Å². The van der Waals surface area contributed by atoms with Crippen molar-refractivity contribution in [2.24, 2.45) is 0 Å². The van der Waals surface area contributed by atoms with Crippen LogP contribution < -0.4 is 0 Å². The van der Waals surface area contributed by atoms with Gasteiger partial charge in [0.1, 0.15) is 0 Å². The monoisotopic (exact) mass is 169 g/mol. The molecule has 65 valence electrons. The van der Waals surface area contributed by atoms with Gasteiger partial charge in [0.05, 0.1) is 0 Å². The molecule has 0 amide bonds. The molecule has 0 spiro atoms. The topological polar surface area (TPSA) is 0 Å². The van der Waals surface area contributed by atoms with E-state index < -0.39 is 0 Å². The first-order valence-electron chi connectivity index (χ1n) is 5.03. The van der Waals surface area contributed by atoms with Crippen molar-refractivity contribution in [2.75, 3.05) is 0 Å². The smallest absolute Gasteiger partial charge is 0.0131 e. The fourth-order valence-electron chi connectivity index (χ4n) is 2.61. The Morgan fingerprint density at radius 2 is 2.15 bits per heavy atom. The fourth-order valence-corrected chi connectivity index (χ4v) is 2.61. The number of hydrogen-bond donors (Lipinski definition) is 0. The SMILES string of the molecule is Cc1c2c(cc3c1CCC3)[CH]C=C2. The van der Waals surface area contributed by atoms with Crippen LogP contribution in [0, 0.1) is 13.3 Å². The lowest BCUT2D eigenvalue weighted by Crippen LogP contribution is -1.93. The Kier molecular flexibility index (Phi) is 1.40. The summed E-state index contributed by atoms with van der Waals surface area (Å²) in [5, 5.41) is 0. The zero-order valence-electron chi connectivity index (χ0n) is 7.93. The minimum absolute atomic E-state index is 1.29. The Morgan fingerprint density at radius 3 is 3.08 bits per heavy atom. The van der Waals surface area contributed by atoms with E-state index >= 15 is 0 Å². The average molecular weight is 169 g/mol. The number of allylic oxidation sites excluding steroid dienone is 1. The van der Waals surface area contributed by atoms with Crippen molar-refractivity contribution < 1.29 is 0 Å². The van der Waals surface area contributed by atoms with E-state index in [2.05, 4.69) is 31.6 Å². The van der Waals surface area contributed by atoms with E-state index in [0.29, 0.717) is 0 Å². The van der Waals surface area contributed by atoms with Gasteiger partial charge in [-0.15, -0.1) is 0 Å². The molecule has 1 radical (unpaired) electrons. The van der Waals surface area contributed by atoms with E-state index in [9.17, 15) is 0 Å². The zero-order valence-corrected chi connectivity index (χ0v) is 7.93. The molecule has 2 aliphatic carbocycles. The molecule has 1 aromatic carbocycles. The lowest BCUT2D eigenvalue weighted by atomic mass is 9.95. The summed E-state index contributed by atoms with van der Waals surface area (Å²) in [6.45, 7) is 2.27. The van der Waals surface area contributed by atoms with Crippen LogP contribution in [0.2, 0.25) is 0 Å². The summed E-state index contributed by atoms with van der Waals surface area (Å²) in [7, 11) is 0. The molecule has 3 rings (SSSR count). The molecule has 0 heteroatoms. The molecule has 0 aliphatic heterocycles. The van der Waals surface area contributed by atoms with Crippen LogP contribution in [0.4, 0.5) is 0 Å². The minimum Gasteiger partial charge on any atom is -0.0754 e. The largest absolute Gasteiger partial charge is 0.0754 e. The van der Waals surface area contributed by atoms with Gasteiger partial charge >= 0.3 is 0 Å². The standard InChI is InChI=1S/C13H13/c1-9-12-6-2-4-10(12)8-11-5-3-7-13(9)11/h2,4,6,8H,3,5,7H2,1H3. The molecular weight excluding hydrogens is 156 g/mol. The van der Waals surface area contributed by atoms with Gasteiger partial charge in [0.25, 0.3) is 0 Å². The first-order chi connectivity index (χ1) is 6.36. The molecule has 0 atom stereocenters. The molecule has 0 saturated carbocycles. The van der Waals surface area contributed by atoms with Crippen molar-refractivity contribution in [1.82, 2.24) is 0 Å². The molecule has 1 aromatic rings. The molecule has 0 heterocycles. The summed E-state index contributed by atoms with van der Waals surface area (Å²) in [6, 6.07) is 2.38. The zero-order chi connectivity index (χ0) is 8.84. The third-order valence-corrected chi connectivity index (χ3v) is 3.30. The third kappa shape index (κ3) is 0.918. The van der Waals surface area contributed by atoms with Crippen molar-refractivity contribution in [3.05, 3.63) is 46.4 Å². The first-order valence-corrected chi connectivity index (χ1v) is 5.03. The van der Waals surface area contributed by atoms with Gasteiger partial charge < -0.3 is 0 Å². The van der Waals surface area contributed by atoms with Crippen LogP contribution in [0.1, 0.15) is 34.2 Å². The van der Waals surface area contributed by atoms with E-state index in [4.69, 9.17) is 0 Å². The van der Waals surface area contributed by atoms with Crippen LogP contribution in [-0.2, 0) is 12.8 Å². The van der Waals surface area contributed by atoms with Crippen LogP contribution in [-0.4, -0.2) is 0 Å². The minimum atomic E-state index is 1.29. The Labute approximate surface area is 79.3 Å². The number of hydrogen-bond acceptors (Lipinski definition) is 0. The van der Waals surface area contributed by atoms with Gasteiger partial charge in [-0.3, -0.25) is 0 Å². The maximum atomic E-state index is 2.38. The summed E-state index contributed by atoms with van der Waals surface area (Å²) in [5.74, 6) is 0. The molecule has 13 heavy (non-hydrogen) atoms. The van der Waals surface area contributed by atoms with Crippen LogP contribution in [0.3, 0.4) is 0 Å². The fraction of sp³-hybridized carbons (Fsp3) is 0.308. The van der Waals surface area contributed by atoms with Gasteiger partial charge in [0.2, 0.25) is 0 Å². The van der Waals surface area contributed by atoms with E-state index in [-0.39, 0.29) is 0 Å². The molecule has 0 aromatic heterocycles. The van der Waals surface area contributed by atoms with Gasteiger partial charge in [0, 0.05) is 6.42 Å². The van der Waals surface area contributed by atoms with Crippen LogP contribution >= 0.6 is 0 Å². The second kappa shape index (κ2) is 2.47. The normalized spacial score (nSPS) is 17.6. The molecule has 0 fully saturated rings. The number of benzene rings is 1. The first kappa shape index (κ1) is 7.37. The Balaban J connectivity index is 2.30. The molecule has 0 N–H and O–H groups in total. The van der Waals surface area contributed by atoms with E-state index in [1.54, 1.807) is 11.1 Å². The van der Waals surface area contributed by atoms with E-state index in [0.717, 1.165) is 0 Å². The Hall–Kier alpha value is -1.04. The van der Waals surface area contributed by atoms with E-state index in [1.807, 2.05) is 0 Å². The predicted molar refractivity (Wildman–Crippen MR) is 55.6 cm³/mol.